The minimum atomic E-state index is 0.217. The van der Waals surface area contributed by atoms with Crippen molar-refractivity contribution in [2.75, 3.05) is 13.1 Å². The molecule has 18 heavy (non-hydrogen) atoms. The minimum absolute atomic E-state index is 0.217. The Bertz CT molecular complexity index is 262. The second kappa shape index (κ2) is 6.55. The van der Waals surface area contributed by atoms with E-state index in [2.05, 4.69) is 33.0 Å². The van der Waals surface area contributed by atoms with Crippen molar-refractivity contribution in [2.24, 2.45) is 5.41 Å². The normalized spacial score (nSPS) is 19.9. The maximum absolute atomic E-state index is 11.2. The summed E-state index contributed by atoms with van der Waals surface area (Å²) in [6, 6.07) is 1.17. The molecular formula is C15H30N2O. The van der Waals surface area contributed by atoms with Gasteiger partial charge in [-0.2, -0.15) is 0 Å². The molecule has 0 aromatic heterocycles. The number of hydrogen-bond donors (Lipinski definition) is 1. The van der Waals surface area contributed by atoms with E-state index in [9.17, 15) is 4.79 Å². The number of nitrogens with one attached hydrogen (secondary N) is 1. The van der Waals surface area contributed by atoms with Gasteiger partial charge in [0.15, 0.2) is 0 Å². The first kappa shape index (κ1) is 15.5. The molecule has 1 rings (SSSR count). The molecule has 0 aromatic rings. The molecule has 106 valence electrons. The van der Waals surface area contributed by atoms with Crippen LogP contribution in [0.2, 0.25) is 0 Å². The fraction of sp³-hybridized carbons (Fsp3) is 0.933. The summed E-state index contributed by atoms with van der Waals surface area (Å²) in [5, 5.41) is 3.71. The molecule has 1 saturated heterocycles. The summed E-state index contributed by atoms with van der Waals surface area (Å²) >= 11 is 0. The Hall–Kier alpha value is -0.570. The molecule has 0 radical (unpaired) electrons. The van der Waals surface area contributed by atoms with Crippen molar-refractivity contribution in [3.63, 3.8) is 0 Å². The van der Waals surface area contributed by atoms with Crippen LogP contribution in [0, 0.1) is 5.41 Å². The first-order valence-electron chi connectivity index (χ1n) is 7.29. The van der Waals surface area contributed by atoms with Gasteiger partial charge in [-0.15, -0.1) is 0 Å². The van der Waals surface area contributed by atoms with Gasteiger partial charge < -0.3 is 10.2 Å². The van der Waals surface area contributed by atoms with Gasteiger partial charge in [0.1, 0.15) is 0 Å². The molecule has 0 spiro atoms. The molecule has 1 heterocycles. The third-order valence-corrected chi connectivity index (χ3v) is 3.79. The highest BCUT2D eigenvalue weighted by molar-refractivity contribution is 5.73. The Morgan fingerprint density at radius 2 is 1.89 bits per heavy atom. The SMILES string of the molecule is CC(=O)N1CCC(NC(C)CCC(C)(C)C)CC1. The van der Waals surface area contributed by atoms with Gasteiger partial charge in [-0.05, 0) is 38.0 Å². The van der Waals surface area contributed by atoms with Gasteiger partial charge in [-0.3, -0.25) is 4.79 Å². The summed E-state index contributed by atoms with van der Waals surface area (Å²) in [4.78, 5) is 13.2. The van der Waals surface area contributed by atoms with Gasteiger partial charge >= 0.3 is 0 Å². The van der Waals surface area contributed by atoms with Crippen molar-refractivity contribution in [1.29, 1.82) is 0 Å². The molecule has 0 aromatic carbocycles. The Balaban J connectivity index is 2.22. The largest absolute Gasteiger partial charge is 0.343 e. The lowest BCUT2D eigenvalue weighted by atomic mass is 9.88. The van der Waals surface area contributed by atoms with E-state index in [1.807, 2.05) is 4.90 Å². The number of carbonyl (C=O) groups excluding carboxylic acids is 1. The van der Waals surface area contributed by atoms with Gasteiger partial charge in [0, 0.05) is 32.1 Å². The first-order chi connectivity index (χ1) is 8.28. The molecule has 1 fully saturated rings. The Morgan fingerprint density at radius 1 is 1.33 bits per heavy atom. The first-order valence-corrected chi connectivity index (χ1v) is 7.29. The molecule has 0 bridgehead atoms. The summed E-state index contributed by atoms with van der Waals surface area (Å²) in [5.41, 5.74) is 0.425. The minimum Gasteiger partial charge on any atom is -0.343 e. The lowest BCUT2D eigenvalue weighted by molar-refractivity contribution is -0.129. The highest BCUT2D eigenvalue weighted by Crippen LogP contribution is 2.22. The number of amides is 1. The van der Waals surface area contributed by atoms with Crippen molar-refractivity contribution >= 4 is 5.91 Å². The van der Waals surface area contributed by atoms with Crippen LogP contribution < -0.4 is 5.32 Å². The molecule has 1 aliphatic heterocycles. The summed E-state index contributed by atoms with van der Waals surface area (Å²) in [6.45, 7) is 12.7. The molecule has 1 aliphatic rings. The molecule has 1 unspecified atom stereocenters. The number of likely N-dealkylation sites (tertiary alicyclic amines) is 1. The fourth-order valence-corrected chi connectivity index (χ4v) is 2.50. The topological polar surface area (TPSA) is 32.3 Å². The van der Waals surface area contributed by atoms with Crippen LogP contribution in [0.4, 0.5) is 0 Å². The molecule has 0 aliphatic carbocycles. The highest BCUT2D eigenvalue weighted by Gasteiger charge is 2.22. The standard InChI is InChI=1S/C15H30N2O/c1-12(6-9-15(3,4)5)16-14-7-10-17(11-8-14)13(2)18/h12,14,16H,6-11H2,1-5H3. The van der Waals surface area contributed by atoms with Crippen LogP contribution in [-0.2, 0) is 4.79 Å². The molecule has 3 nitrogen and oxygen atoms in total. The highest BCUT2D eigenvalue weighted by atomic mass is 16.2. The van der Waals surface area contributed by atoms with Crippen LogP contribution >= 0.6 is 0 Å². The van der Waals surface area contributed by atoms with E-state index < -0.39 is 0 Å². The summed E-state index contributed by atoms with van der Waals surface area (Å²) in [6.07, 6.45) is 4.68. The molecular weight excluding hydrogens is 224 g/mol. The second-order valence-corrected chi connectivity index (χ2v) is 6.95. The zero-order valence-corrected chi connectivity index (χ0v) is 12.8. The lowest BCUT2D eigenvalue weighted by Gasteiger charge is -2.34. The van der Waals surface area contributed by atoms with Crippen molar-refractivity contribution in [2.45, 2.75) is 72.4 Å². The van der Waals surface area contributed by atoms with Crippen LogP contribution in [0.15, 0.2) is 0 Å². The van der Waals surface area contributed by atoms with Gasteiger partial charge in [0.2, 0.25) is 5.91 Å². The predicted octanol–water partition coefficient (Wildman–Crippen LogP) is 2.80. The van der Waals surface area contributed by atoms with Crippen LogP contribution in [0.5, 0.6) is 0 Å². The lowest BCUT2D eigenvalue weighted by Crippen LogP contribution is -2.46. The van der Waals surface area contributed by atoms with Crippen LogP contribution in [-0.4, -0.2) is 36.0 Å². The van der Waals surface area contributed by atoms with Crippen molar-refractivity contribution in [1.82, 2.24) is 10.2 Å². The monoisotopic (exact) mass is 254 g/mol. The number of rotatable bonds is 4. The smallest absolute Gasteiger partial charge is 0.219 e. The Labute approximate surface area is 112 Å². The summed E-state index contributed by atoms with van der Waals surface area (Å²) < 4.78 is 0. The number of hydrogen-bond acceptors (Lipinski definition) is 2. The number of carbonyl (C=O) groups is 1. The maximum atomic E-state index is 11.2. The van der Waals surface area contributed by atoms with E-state index in [0.717, 1.165) is 25.9 Å². The quantitative estimate of drug-likeness (QED) is 0.836. The van der Waals surface area contributed by atoms with Crippen LogP contribution in [0.25, 0.3) is 0 Å². The maximum Gasteiger partial charge on any atom is 0.219 e. The van der Waals surface area contributed by atoms with E-state index in [1.54, 1.807) is 6.92 Å². The van der Waals surface area contributed by atoms with Crippen molar-refractivity contribution in [3.8, 4) is 0 Å². The number of nitrogens with zero attached hydrogens (tertiary/aromatic N) is 1. The molecule has 1 atom stereocenters. The fourth-order valence-electron chi connectivity index (χ4n) is 2.50. The van der Waals surface area contributed by atoms with Crippen molar-refractivity contribution in [3.05, 3.63) is 0 Å². The van der Waals surface area contributed by atoms with E-state index in [4.69, 9.17) is 0 Å². The molecule has 1 amide bonds. The van der Waals surface area contributed by atoms with Gasteiger partial charge in [-0.25, -0.2) is 0 Å². The molecule has 0 saturated carbocycles. The number of piperidine rings is 1. The molecule has 1 N–H and O–H groups in total. The van der Waals surface area contributed by atoms with E-state index in [1.165, 1.54) is 12.8 Å². The predicted molar refractivity (Wildman–Crippen MR) is 76.6 cm³/mol. The third kappa shape index (κ3) is 5.85. The van der Waals surface area contributed by atoms with Gasteiger partial charge in [0.25, 0.3) is 0 Å². The Kier molecular flexibility index (Phi) is 5.64. The Morgan fingerprint density at radius 3 is 2.33 bits per heavy atom. The van der Waals surface area contributed by atoms with Crippen LogP contribution in [0.1, 0.15) is 60.3 Å². The zero-order chi connectivity index (χ0) is 13.8. The van der Waals surface area contributed by atoms with E-state index in [-0.39, 0.29) is 5.91 Å². The van der Waals surface area contributed by atoms with Gasteiger partial charge in [-0.1, -0.05) is 20.8 Å². The van der Waals surface area contributed by atoms with Crippen LogP contribution in [0.3, 0.4) is 0 Å². The molecule has 3 heteroatoms. The average Bonchev–Trinajstić information content (AvgIpc) is 2.26. The van der Waals surface area contributed by atoms with Crippen molar-refractivity contribution < 1.29 is 4.79 Å². The van der Waals surface area contributed by atoms with Gasteiger partial charge in [0.05, 0.1) is 0 Å². The summed E-state index contributed by atoms with van der Waals surface area (Å²) in [7, 11) is 0. The summed E-state index contributed by atoms with van der Waals surface area (Å²) in [5.74, 6) is 0.217. The third-order valence-electron chi connectivity index (χ3n) is 3.79. The van der Waals surface area contributed by atoms with E-state index >= 15 is 0 Å². The average molecular weight is 254 g/mol. The zero-order valence-electron chi connectivity index (χ0n) is 12.8. The van der Waals surface area contributed by atoms with E-state index in [0.29, 0.717) is 17.5 Å². The second-order valence-electron chi connectivity index (χ2n) is 6.95.